The van der Waals surface area contributed by atoms with E-state index in [9.17, 15) is 4.79 Å². The summed E-state index contributed by atoms with van der Waals surface area (Å²) in [6.07, 6.45) is 4.16. The van der Waals surface area contributed by atoms with E-state index in [0.717, 1.165) is 24.9 Å². The van der Waals surface area contributed by atoms with Crippen molar-refractivity contribution in [2.24, 2.45) is 5.41 Å². The third-order valence-electron chi connectivity index (χ3n) is 4.93. The minimum absolute atomic E-state index is 0.0764. The number of rotatable bonds is 6. The quantitative estimate of drug-likeness (QED) is 0.541. The van der Waals surface area contributed by atoms with Crippen molar-refractivity contribution in [2.75, 3.05) is 0 Å². The summed E-state index contributed by atoms with van der Waals surface area (Å²) in [7, 11) is 0. The number of aryl methyl sites for hydroxylation is 1. The molecule has 0 fully saturated rings. The maximum absolute atomic E-state index is 12.4. The molecule has 1 aromatic heterocycles. The van der Waals surface area contributed by atoms with Crippen LogP contribution in [0.1, 0.15) is 56.2 Å². The molecule has 0 aliphatic rings. The Hall–Kier alpha value is -2.61. The van der Waals surface area contributed by atoms with Gasteiger partial charge in [-0.3, -0.25) is 4.79 Å². The average Bonchev–Trinajstić information content (AvgIpc) is 2.65. The maximum atomic E-state index is 12.4. The van der Waals surface area contributed by atoms with Crippen molar-refractivity contribution in [3.05, 3.63) is 106 Å². The Morgan fingerprint density at radius 3 is 1.85 bits per heavy atom. The van der Waals surface area contributed by atoms with Crippen molar-refractivity contribution >= 4 is 0 Å². The number of nitrogens with zero attached hydrogens (tertiary/aromatic N) is 1. The highest BCUT2D eigenvalue weighted by Crippen LogP contribution is 2.31. The van der Waals surface area contributed by atoms with Crippen LogP contribution in [0, 0.1) is 5.41 Å². The molecule has 0 aliphatic heterocycles. The largest absolute Gasteiger partial charge is 0.315 e. The molecule has 0 saturated carbocycles. The monoisotopic (exact) mass is 359 g/mol. The number of pyridine rings is 1. The topological polar surface area (TPSA) is 22.0 Å². The van der Waals surface area contributed by atoms with Crippen LogP contribution in [-0.2, 0) is 6.54 Å². The Labute approximate surface area is 162 Å². The summed E-state index contributed by atoms with van der Waals surface area (Å²) < 4.78 is 1.87. The fourth-order valence-corrected chi connectivity index (χ4v) is 3.54. The Morgan fingerprint density at radius 1 is 0.778 bits per heavy atom. The van der Waals surface area contributed by atoms with Gasteiger partial charge < -0.3 is 4.57 Å². The van der Waals surface area contributed by atoms with Gasteiger partial charge in [-0.05, 0) is 34.9 Å². The molecule has 0 spiro atoms. The van der Waals surface area contributed by atoms with Crippen LogP contribution in [0.3, 0.4) is 0 Å². The van der Waals surface area contributed by atoms with E-state index in [2.05, 4.69) is 75.5 Å². The minimum Gasteiger partial charge on any atom is -0.315 e. The summed E-state index contributed by atoms with van der Waals surface area (Å²) in [6.45, 7) is 7.49. The molecule has 27 heavy (non-hydrogen) atoms. The van der Waals surface area contributed by atoms with E-state index in [1.54, 1.807) is 6.07 Å². The van der Waals surface area contributed by atoms with Crippen LogP contribution in [0.4, 0.5) is 0 Å². The lowest BCUT2D eigenvalue weighted by Crippen LogP contribution is -2.21. The van der Waals surface area contributed by atoms with E-state index in [1.165, 1.54) is 11.1 Å². The lowest BCUT2D eigenvalue weighted by molar-refractivity contribution is 0.352. The minimum atomic E-state index is 0.0764. The Morgan fingerprint density at radius 2 is 1.33 bits per heavy atom. The van der Waals surface area contributed by atoms with Gasteiger partial charge in [0.05, 0.1) is 0 Å². The van der Waals surface area contributed by atoms with E-state index in [-0.39, 0.29) is 16.9 Å². The second-order valence-corrected chi connectivity index (χ2v) is 8.41. The normalized spacial score (nSPS) is 11.7. The first-order valence-corrected chi connectivity index (χ1v) is 9.74. The van der Waals surface area contributed by atoms with Gasteiger partial charge in [-0.15, -0.1) is 0 Å². The highest BCUT2D eigenvalue weighted by Gasteiger charge is 2.17. The lowest BCUT2D eigenvalue weighted by atomic mass is 9.86. The number of hydrogen-bond acceptors (Lipinski definition) is 1. The van der Waals surface area contributed by atoms with Crippen LogP contribution in [0.15, 0.2) is 83.8 Å². The molecule has 140 valence electrons. The molecule has 0 N–H and O–H groups in total. The molecule has 3 aromatic rings. The fraction of sp³-hybridized carbons (Fsp3) is 0.320. The first-order valence-electron chi connectivity index (χ1n) is 9.74. The number of benzene rings is 2. The van der Waals surface area contributed by atoms with Gasteiger partial charge in [0.15, 0.2) is 0 Å². The number of hydrogen-bond donors (Lipinski definition) is 0. The van der Waals surface area contributed by atoms with Crippen LogP contribution < -0.4 is 5.56 Å². The third-order valence-corrected chi connectivity index (χ3v) is 4.93. The molecule has 3 rings (SSSR count). The lowest BCUT2D eigenvalue weighted by Gasteiger charge is -2.21. The zero-order valence-corrected chi connectivity index (χ0v) is 16.6. The summed E-state index contributed by atoms with van der Waals surface area (Å²) in [5, 5.41) is 0. The molecule has 1 heterocycles. The summed E-state index contributed by atoms with van der Waals surface area (Å²) in [4.78, 5) is 12.4. The summed E-state index contributed by atoms with van der Waals surface area (Å²) in [5.74, 6) is 0.127. The van der Waals surface area contributed by atoms with Gasteiger partial charge in [-0.1, -0.05) is 87.5 Å². The van der Waals surface area contributed by atoms with Crippen molar-refractivity contribution in [1.82, 2.24) is 4.57 Å². The SMILES string of the molecule is CC(C)(C)CCCn1cc(C(c2ccccc2)c2ccccc2)ccc1=O. The zero-order valence-electron chi connectivity index (χ0n) is 16.6. The molecule has 0 aliphatic carbocycles. The molecule has 0 unspecified atom stereocenters. The molecule has 2 nitrogen and oxygen atoms in total. The van der Waals surface area contributed by atoms with Crippen molar-refractivity contribution in [2.45, 2.75) is 46.1 Å². The highest BCUT2D eigenvalue weighted by atomic mass is 16.1. The predicted molar refractivity (Wildman–Crippen MR) is 113 cm³/mol. The van der Waals surface area contributed by atoms with Gasteiger partial charge >= 0.3 is 0 Å². The summed E-state index contributed by atoms with van der Waals surface area (Å²) in [6, 6.07) is 24.7. The van der Waals surface area contributed by atoms with Crippen LogP contribution in [-0.4, -0.2) is 4.57 Å². The smallest absolute Gasteiger partial charge is 0.250 e. The zero-order chi connectivity index (χ0) is 19.3. The first kappa shape index (κ1) is 19.2. The number of aromatic nitrogens is 1. The van der Waals surface area contributed by atoms with Gasteiger partial charge in [0.25, 0.3) is 5.56 Å². The van der Waals surface area contributed by atoms with E-state index in [1.807, 2.05) is 22.8 Å². The van der Waals surface area contributed by atoms with Crippen LogP contribution in [0.5, 0.6) is 0 Å². The second-order valence-electron chi connectivity index (χ2n) is 8.41. The van der Waals surface area contributed by atoms with Gasteiger partial charge in [-0.25, -0.2) is 0 Å². The fourth-order valence-electron chi connectivity index (χ4n) is 3.54. The Kier molecular flexibility index (Phi) is 5.95. The van der Waals surface area contributed by atoms with Crippen molar-refractivity contribution in [3.63, 3.8) is 0 Å². The Balaban J connectivity index is 1.96. The molecule has 0 radical (unpaired) electrons. The van der Waals surface area contributed by atoms with E-state index < -0.39 is 0 Å². The van der Waals surface area contributed by atoms with Crippen molar-refractivity contribution in [1.29, 1.82) is 0 Å². The second kappa shape index (κ2) is 8.39. The molecule has 2 heteroatoms. The third kappa shape index (κ3) is 5.19. The van der Waals surface area contributed by atoms with Gasteiger partial charge in [0, 0.05) is 24.7 Å². The molecular weight excluding hydrogens is 330 g/mol. The van der Waals surface area contributed by atoms with Crippen LogP contribution in [0.2, 0.25) is 0 Å². The molecule has 0 atom stereocenters. The van der Waals surface area contributed by atoms with E-state index in [0.29, 0.717) is 0 Å². The summed E-state index contributed by atoms with van der Waals surface area (Å²) >= 11 is 0. The molecule has 0 bridgehead atoms. The predicted octanol–water partition coefficient (Wildman–Crippen LogP) is 5.85. The maximum Gasteiger partial charge on any atom is 0.250 e. The van der Waals surface area contributed by atoms with Crippen molar-refractivity contribution in [3.8, 4) is 0 Å². The summed E-state index contributed by atoms with van der Waals surface area (Å²) in [5.41, 5.74) is 4.00. The van der Waals surface area contributed by atoms with Gasteiger partial charge in [0.1, 0.15) is 0 Å². The molecule has 0 amide bonds. The average molecular weight is 360 g/mol. The van der Waals surface area contributed by atoms with Gasteiger partial charge in [-0.2, -0.15) is 0 Å². The standard InChI is InChI=1S/C25H29NO/c1-25(2,3)17-10-18-26-19-22(15-16-23(26)27)24(20-11-6-4-7-12-20)21-13-8-5-9-14-21/h4-9,11-16,19,24H,10,17-18H2,1-3H3. The van der Waals surface area contributed by atoms with E-state index >= 15 is 0 Å². The molecule has 0 saturated heterocycles. The van der Waals surface area contributed by atoms with Crippen LogP contribution in [0.25, 0.3) is 0 Å². The van der Waals surface area contributed by atoms with Crippen LogP contribution >= 0.6 is 0 Å². The Bertz CT molecular complexity index is 865. The van der Waals surface area contributed by atoms with E-state index in [4.69, 9.17) is 0 Å². The molecule has 2 aromatic carbocycles. The molecular formula is C25H29NO. The van der Waals surface area contributed by atoms with Gasteiger partial charge in [0.2, 0.25) is 0 Å². The first-order chi connectivity index (χ1) is 12.9. The highest BCUT2D eigenvalue weighted by molar-refractivity contribution is 5.41. The van der Waals surface area contributed by atoms with Crippen molar-refractivity contribution < 1.29 is 0 Å².